The van der Waals surface area contributed by atoms with Crippen LogP contribution in [0.2, 0.25) is 0 Å². The van der Waals surface area contributed by atoms with E-state index in [1.54, 1.807) is 13.3 Å². The van der Waals surface area contributed by atoms with E-state index >= 15 is 0 Å². The molecule has 2 rings (SSSR count). The van der Waals surface area contributed by atoms with Crippen molar-refractivity contribution in [3.63, 3.8) is 0 Å². The number of H-pyrrole nitrogens is 1. The van der Waals surface area contributed by atoms with E-state index in [0.29, 0.717) is 5.82 Å². The molecule has 0 atom stereocenters. The molecule has 0 aliphatic heterocycles. The second kappa shape index (κ2) is 4.37. The molecule has 0 aliphatic carbocycles. The highest BCUT2D eigenvalue weighted by atomic mass is 16.5. The van der Waals surface area contributed by atoms with Crippen molar-refractivity contribution in [1.29, 1.82) is 0 Å². The Hall–Kier alpha value is -1.97. The van der Waals surface area contributed by atoms with Gasteiger partial charge in [-0.05, 0) is 5.41 Å². The van der Waals surface area contributed by atoms with Gasteiger partial charge in [0.2, 0.25) is 0 Å². The van der Waals surface area contributed by atoms with Crippen LogP contribution in [-0.4, -0.2) is 17.3 Å². The zero-order chi connectivity index (χ0) is 13.3. The number of benzene rings is 1. The third-order valence-corrected chi connectivity index (χ3v) is 2.99. The third-order valence-electron chi connectivity index (χ3n) is 2.99. The van der Waals surface area contributed by atoms with Gasteiger partial charge in [0.05, 0.1) is 13.3 Å². The molecule has 0 amide bonds. The van der Waals surface area contributed by atoms with Crippen molar-refractivity contribution in [2.45, 2.75) is 26.2 Å². The van der Waals surface area contributed by atoms with Crippen LogP contribution in [0.5, 0.6) is 5.75 Å². The van der Waals surface area contributed by atoms with Gasteiger partial charge >= 0.3 is 0 Å². The van der Waals surface area contributed by atoms with Gasteiger partial charge in [0.15, 0.2) is 0 Å². The van der Waals surface area contributed by atoms with Gasteiger partial charge in [0, 0.05) is 16.7 Å². The standard InChI is InChI=1S/C14H19N3O/c1-14(2,3)11-7-5-6-9(12(11)18-4)10-8-16-17-13(10)15/h5-8H,1-4H3,(H3,15,16,17). The minimum Gasteiger partial charge on any atom is -0.496 e. The molecule has 0 aliphatic rings. The summed E-state index contributed by atoms with van der Waals surface area (Å²) in [5.41, 5.74) is 8.89. The molecule has 96 valence electrons. The SMILES string of the molecule is COc1c(-c2cn[nH]c2N)cccc1C(C)(C)C. The Balaban J connectivity index is 2.67. The van der Waals surface area contributed by atoms with Gasteiger partial charge in [-0.1, -0.05) is 39.0 Å². The first-order valence-electron chi connectivity index (χ1n) is 5.92. The van der Waals surface area contributed by atoms with Crippen molar-refractivity contribution in [2.75, 3.05) is 12.8 Å². The lowest BCUT2D eigenvalue weighted by molar-refractivity contribution is 0.399. The number of nitrogens with zero attached hydrogens (tertiary/aromatic N) is 1. The Morgan fingerprint density at radius 3 is 2.44 bits per heavy atom. The van der Waals surface area contributed by atoms with E-state index in [0.717, 1.165) is 22.4 Å². The van der Waals surface area contributed by atoms with Crippen LogP contribution in [-0.2, 0) is 5.41 Å². The smallest absolute Gasteiger partial charge is 0.130 e. The van der Waals surface area contributed by atoms with Gasteiger partial charge in [0.1, 0.15) is 11.6 Å². The Morgan fingerprint density at radius 1 is 1.22 bits per heavy atom. The van der Waals surface area contributed by atoms with E-state index in [1.165, 1.54) is 0 Å². The maximum absolute atomic E-state index is 5.88. The summed E-state index contributed by atoms with van der Waals surface area (Å²) >= 11 is 0. The van der Waals surface area contributed by atoms with Crippen molar-refractivity contribution in [3.8, 4) is 16.9 Å². The molecule has 1 heterocycles. The molecular formula is C14H19N3O. The van der Waals surface area contributed by atoms with Crippen LogP contribution in [0.15, 0.2) is 24.4 Å². The predicted molar refractivity (Wildman–Crippen MR) is 73.7 cm³/mol. The number of rotatable bonds is 2. The first-order chi connectivity index (χ1) is 8.45. The zero-order valence-corrected chi connectivity index (χ0v) is 11.2. The van der Waals surface area contributed by atoms with Crippen molar-refractivity contribution in [1.82, 2.24) is 10.2 Å². The third kappa shape index (κ3) is 2.06. The molecule has 4 heteroatoms. The Kier molecular flexibility index (Phi) is 3.03. The highest BCUT2D eigenvalue weighted by molar-refractivity contribution is 5.79. The normalized spacial score (nSPS) is 11.6. The topological polar surface area (TPSA) is 63.9 Å². The summed E-state index contributed by atoms with van der Waals surface area (Å²) in [4.78, 5) is 0. The van der Waals surface area contributed by atoms with Gasteiger partial charge in [-0.15, -0.1) is 0 Å². The van der Waals surface area contributed by atoms with Crippen LogP contribution in [0.1, 0.15) is 26.3 Å². The monoisotopic (exact) mass is 245 g/mol. The number of hydrogen-bond acceptors (Lipinski definition) is 3. The van der Waals surface area contributed by atoms with Crippen LogP contribution in [0, 0.1) is 0 Å². The van der Waals surface area contributed by atoms with Crippen molar-refractivity contribution in [2.24, 2.45) is 0 Å². The molecule has 0 radical (unpaired) electrons. The Labute approximate surface area is 107 Å². The van der Waals surface area contributed by atoms with E-state index < -0.39 is 0 Å². The fourth-order valence-electron chi connectivity index (χ4n) is 2.07. The van der Waals surface area contributed by atoms with Crippen LogP contribution in [0.25, 0.3) is 11.1 Å². The predicted octanol–water partition coefficient (Wildman–Crippen LogP) is 2.97. The highest BCUT2D eigenvalue weighted by Gasteiger charge is 2.22. The lowest BCUT2D eigenvalue weighted by atomic mass is 9.84. The lowest BCUT2D eigenvalue weighted by Crippen LogP contribution is -2.13. The maximum atomic E-state index is 5.88. The number of nitrogens with one attached hydrogen (secondary N) is 1. The number of methoxy groups -OCH3 is 1. The number of ether oxygens (including phenoxy) is 1. The van der Waals surface area contributed by atoms with Crippen LogP contribution < -0.4 is 10.5 Å². The largest absolute Gasteiger partial charge is 0.496 e. The second-order valence-electron chi connectivity index (χ2n) is 5.33. The number of aromatic nitrogens is 2. The number of hydrogen-bond donors (Lipinski definition) is 2. The van der Waals surface area contributed by atoms with Crippen molar-refractivity contribution >= 4 is 5.82 Å². The quantitative estimate of drug-likeness (QED) is 0.855. The summed E-state index contributed by atoms with van der Waals surface area (Å²) in [5, 5.41) is 6.71. The molecule has 1 aromatic heterocycles. The molecule has 0 fully saturated rings. The van der Waals surface area contributed by atoms with Gasteiger partial charge in [0.25, 0.3) is 0 Å². The molecule has 18 heavy (non-hydrogen) atoms. The van der Waals surface area contributed by atoms with Gasteiger partial charge in [-0.3, -0.25) is 5.10 Å². The number of anilines is 1. The molecule has 0 bridgehead atoms. The summed E-state index contributed by atoms with van der Waals surface area (Å²) in [7, 11) is 1.68. The van der Waals surface area contributed by atoms with Gasteiger partial charge in [-0.25, -0.2) is 0 Å². The Morgan fingerprint density at radius 2 is 1.94 bits per heavy atom. The van der Waals surface area contributed by atoms with E-state index in [2.05, 4.69) is 37.0 Å². The van der Waals surface area contributed by atoms with E-state index in [-0.39, 0.29) is 5.41 Å². The van der Waals surface area contributed by atoms with E-state index in [4.69, 9.17) is 10.5 Å². The minimum atomic E-state index is 0.0137. The minimum absolute atomic E-state index is 0.0137. The Bertz CT molecular complexity index is 552. The van der Waals surface area contributed by atoms with Crippen LogP contribution in [0.4, 0.5) is 5.82 Å². The fourth-order valence-corrected chi connectivity index (χ4v) is 2.07. The van der Waals surface area contributed by atoms with E-state index in [1.807, 2.05) is 12.1 Å². The van der Waals surface area contributed by atoms with Crippen molar-refractivity contribution < 1.29 is 4.74 Å². The van der Waals surface area contributed by atoms with Crippen molar-refractivity contribution in [3.05, 3.63) is 30.0 Å². The first kappa shape index (κ1) is 12.5. The van der Waals surface area contributed by atoms with E-state index in [9.17, 15) is 0 Å². The van der Waals surface area contributed by atoms with Gasteiger partial charge < -0.3 is 10.5 Å². The molecule has 1 aromatic carbocycles. The zero-order valence-electron chi connectivity index (χ0n) is 11.2. The molecule has 3 N–H and O–H groups in total. The number of nitrogens with two attached hydrogens (primary N) is 1. The summed E-state index contributed by atoms with van der Waals surface area (Å²) < 4.78 is 5.58. The second-order valence-corrected chi connectivity index (χ2v) is 5.33. The fraction of sp³-hybridized carbons (Fsp3) is 0.357. The number of nitrogen functional groups attached to an aromatic ring is 1. The highest BCUT2D eigenvalue weighted by Crippen LogP contribution is 2.40. The molecule has 0 saturated carbocycles. The number of para-hydroxylation sites is 1. The summed E-state index contributed by atoms with van der Waals surface area (Å²) in [6, 6.07) is 6.10. The number of aromatic amines is 1. The summed E-state index contributed by atoms with van der Waals surface area (Å²) in [6.45, 7) is 6.48. The molecule has 0 spiro atoms. The maximum Gasteiger partial charge on any atom is 0.130 e. The van der Waals surface area contributed by atoms with Crippen LogP contribution in [0.3, 0.4) is 0 Å². The van der Waals surface area contributed by atoms with Gasteiger partial charge in [-0.2, -0.15) is 5.10 Å². The summed E-state index contributed by atoms with van der Waals surface area (Å²) in [5.74, 6) is 1.41. The average Bonchev–Trinajstić information content (AvgIpc) is 2.73. The molecule has 4 nitrogen and oxygen atoms in total. The summed E-state index contributed by atoms with van der Waals surface area (Å²) in [6.07, 6.45) is 1.72. The molecular weight excluding hydrogens is 226 g/mol. The van der Waals surface area contributed by atoms with Crippen LogP contribution >= 0.6 is 0 Å². The molecule has 2 aromatic rings. The average molecular weight is 245 g/mol. The first-order valence-corrected chi connectivity index (χ1v) is 5.92. The molecule has 0 saturated heterocycles. The molecule has 0 unspecified atom stereocenters. The lowest BCUT2D eigenvalue weighted by Gasteiger charge is -2.23.